The summed E-state index contributed by atoms with van der Waals surface area (Å²) >= 11 is 5.06. The molecule has 0 saturated carbocycles. The maximum Gasteiger partial charge on any atom is 0.245 e. The fourth-order valence-corrected chi connectivity index (χ4v) is 6.62. The van der Waals surface area contributed by atoms with E-state index in [0.717, 1.165) is 28.6 Å². The largest absolute Gasteiger partial charge is 0.497 e. The van der Waals surface area contributed by atoms with Gasteiger partial charge in [0.2, 0.25) is 5.91 Å². The number of nitrogens with one attached hydrogen (secondary N) is 1. The lowest BCUT2D eigenvalue weighted by molar-refractivity contribution is -0.119. The van der Waals surface area contributed by atoms with Crippen LogP contribution in [-0.2, 0) is 9.54 Å². The van der Waals surface area contributed by atoms with Gasteiger partial charge >= 0.3 is 0 Å². The lowest BCUT2D eigenvalue weighted by Crippen LogP contribution is -2.41. The fraction of sp³-hybridized carbons (Fsp3) is 0.304. The van der Waals surface area contributed by atoms with Crippen LogP contribution < -0.4 is 10.1 Å². The van der Waals surface area contributed by atoms with Gasteiger partial charge in [0, 0.05) is 21.3 Å². The van der Waals surface area contributed by atoms with Crippen LogP contribution in [-0.4, -0.2) is 18.8 Å². The van der Waals surface area contributed by atoms with Gasteiger partial charge in [-0.15, -0.1) is 11.8 Å². The monoisotopic (exact) mass is 471 g/mol. The first kappa shape index (κ1) is 20.2. The van der Waals surface area contributed by atoms with E-state index in [9.17, 15) is 9.59 Å². The molecule has 1 N–H and O–H groups in total. The molecule has 2 aromatic rings. The number of carbonyl (C=O) groups is 2. The summed E-state index contributed by atoms with van der Waals surface area (Å²) in [4.78, 5) is 27.2. The number of methoxy groups -OCH3 is 1. The topological polar surface area (TPSA) is 55.4 Å². The molecule has 29 heavy (non-hydrogen) atoms. The molecule has 4 rings (SSSR count). The predicted octanol–water partition coefficient (Wildman–Crippen LogP) is 5.93. The van der Waals surface area contributed by atoms with Gasteiger partial charge in [0.15, 0.2) is 5.78 Å². The molecule has 2 aliphatic heterocycles. The van der Waals surface area contributed by atoms with Gasteiger partial charge < -0.3 is 10.1 Å². The number of ether oxygens (including phenoxy) is 1. The summed E-state index contributed by atoms with van der Waals surface area (Å²) in [6.45, 7) is 2.13. The number of hydrogen-bond acceptors (Lipinski definition) is 4. The van der Waals surface area contributed by atoms with Crippen molar-refractivity contribution < 1.29 is 14.3 Å². The molecule has 6 heteroatoms. The summed E-state index contributed by atoms with van der Waals surface area (Å²) < 4.78 is 5.30. The van der Waals surface area contributed by atoms with Crippen molar-refractivity contribution >= 4 is 45.1 Å². The van der Waals surface area contributed by atoms with E-state index in [-0.39, 0.29) is 17.6 Å². The summed E-state index contributed by atoms with van der Waals surface area (Å²) in [5.74, 6) is 0.750. The standard InChI is InChI=1S/C23H22BrNO3S/c1-3-5-15-10-13-19(21(26)14-8-11-16(28-2)12-9-14)29-23(15)20-17(24)6-4-7-18(20)25-22(23)27/h4,6-9,11-13,15H,3,5,10H2,1-2H3,(H,25,27)/t15-,23+/m1/s1. The normalized spacial score (nSPS) is 22.8. The number of benzene rings is 2. The number of halogens is 1. The Morgan fingerprint density at radius 3 is 2.72 bits per heavy atom. The van der Waals surface area contributed by atoms with Crippen molar-refractivity contribution in [3.8, 4) is 5.75 Å². The van der Waals surface area contributed by atoms with E-state index in [1.807, 2.05) is 24.3 Å². The fourth-order valence-electron chi connectivity index (χ4n) is 4.23. The van der Waals surface area contributed by atoms with Crippen LogP contribution in [0, 0.1) is 5.92 Å². The number of carbonyl (C=O) groups excluding carboxylic acids is 2. The second kappa shape index (κ2) is 8.00. The molecule has 2 atom stereocenters. The third kappa shape index (κ3) is 3.32. The van der Waals surface area contributed by atoms with E-state index in [1.54, 1.807) is 31.4 Å². The molecule has 2 heterocycles. The Hall–Kier alpha value is -2.05. The first-order chi connectivity index (χ1) is 14.0. The van der Waals surface area contributed by atoms with Gasteiger partial charge in [-0.25, -0.2) is 0 Å². The van der Waals surface area contributed by atoms with Gasteiger partial charge in [-0.05, 0) is 55.2 Å². The first-order valence-electron chi connectivity index (χ1n) is 9.69. The lowest BCUT2D eigenvalue weighted by Gasteiger charge is -2.39. The molecule has 0 bridgehead atoms. The molecule has 2 aromatic carbocycles. The van der Waals surface area contributed by atoms with Crippen LogP contribution in [0.1, 0.15) is 42.1 Å². The van der Waals surface area contributed by atoms with Crippen LogP contribution in [0.3, 0.4) is 0 Å². The summed E-state index contributed by atoms with van der Waals surface area (Å²) in [7, 11) is 1.60. The molecular formula is C23H22BrNO3S. The Bertz CT molecular complexity index is 1000. The average Bonchev–Trinajstić information content (AvgIpc) is 3.02. The van der Waals surface area contributed by atoms with Crippen LogP contribution in [0.25, 0.3) is 0 Å². The van der Waals surface area contributed by atoms with E-state index in [1.165, 1.54) is 11.8 Å². The third-order valence-electron chi connectivity index (χ3n) is 5.62. The summed E-state index contributed by atoms with van der Waals surface area (Å²) in [5.41, 5.74) is 2.39. The van der Waals surface area contributed by atoms with Crippen LogP contribution in [0.5, 0.6) is 5.75 Å². The molecule has 150 valence electrons. The van der Waals surface area contributed by atoms with Gasteiger partial charge in [0.1, 0.15) is 10.5 Å². The molecule has 1 spiro atoms. The molecule has 2 aliphatic rings. The van der Waals surface area contributed by atoms with Crippen molar-refractivity contribution in [2.45, 2.75) is 30.9 Å². The Kier molecular flexibility index (Phi) is 5.58. The molecule has 0 radical (unpaired) electrons. The highest BCUT2D eigenvalue weighted by atomic mass is 79.9. The second-order valence-corrected chi connectivity index (χ2v) is 9.44. The maximum atomic E-state index is 13.3. The van der Waals surface area contributed by atoms with Crippen molar-refractivity contribution in [3.63, 3.8) is 0 Å². The lowest BCUT2D eigenvalue weighted by atomic mass is 9.80. The van der Waals surface area contributed by atoms with Gasteiger partial charge in [-0.2, -0.15) is 0 Å². The first-order valence-corrected chi connectivity index (χ1v) is 11.3. The zero-order valence-electron chi connectivity index (χ0n) is 16.3. The molecule has 0 unspecified atom stereocenters. The molecule has 0 aromatic heterocycles. The zero-order valence-corrected chi connectivity index (χ0v) is 18.7. The SMILES string of the molecule is CCC[C@@H]1CC=C(C(=O)c2ccc(OC)cc2)S[C@@]12C(=O)Nc1cccc(Br)c12. The number of Topliss-reactive ketones (excluding diaryl/α,β-unsaturated/α-hetero) is 1. The Morgan fingerprint density at radius 2 is 2.03 bits per heavy atom. The van der Waals surface area contributed by atoms with Crippen molar-refractivity contribution in [2.24, 2.45) is 5.92 Å². The quantitative estimate of drug-likeness (QED) is 0.549. The third-order valence-corrected chi connectivity index (χ3v) is 7.89. The molecule has 0 saturated heterocycles. The average molecular weight is 472 g/mol. The van der Waals surface area contributed by atoms with E-state index in [2.05, 4.69) is 28.2 Å². The molecule has 4 nitrogen and oxygen atoms in total. The summed E-state index contributed by atoms with van der Waals surface area (Å²) in [5, 5.41) is 3.06. The maximum absolute atomic E-state index is 13.3. The number of fused-ring (bicyclic) bond motifs is 2. The van der Waals surface area contributed by atoms with Crippen LogP contribution in [0.2, 0.25) is 0 Å². The van der Waals surface area contributed by atoms with Crippen LogP contribution in [0.15, 0.2) is 57.9 Å². The molecule has 0 aliphatic carbocycles. The Balaban J connectivity index is 1.76. The minimum Gasteiger partial charge on any atom is -0.497 e. The molecule has 1 amide bonds. The number of amides is 1. The smallest absolute Gasteiger partial charge is 0.245 e. The highest BCUT2D eigenvalue weighted by Gasteiger charge is 2.55. The van der Waals surface area contributed by atoms with Crippen molar-refractivity contribution in [3.05, 3.63) is 69.0 Å². The highest BCUT2D eigenvalue weighted by molar-refractivity contribution is 9.10. The van der Waals surface area contributed by atoms with E-state index >= 15 is 0 Å². The van der Waals surface area contributed by atoms with E-state index in [0.29, 0.717) is 22.6 Å². The highest BCUT2D eigenvalue weighted by Crippen LogP contribution is 2.59. The van der Waals surface area contributed by atoms with Gasteiger partial charge in [0.25, 0.3) is 0 Å². The van der Waals surface area contributed by atoms with Crippen molar-refractivity contribution in [1.82, 2.24) is 0 Å². The number of thioether (sulfide) groups is 1. The van der Waals surface area contributed by atoms with E-state index < -0.39 is 4.75 Å². The number of allylic oxidation sites excluding steroid dienone is 2. The summed E-state index contributed by atoms with van der Waals surface area (Å²) in [6.07, 6.45) is 4.61. The van der Waals surface area contributed by atoms with Crippen LogP contribution >= 0.6 is 27.7 Å². The number of anilines is 1. The number of hydrogen-bond donors (Lipinski definition) is 1. The van der Waals surface area contributed by atoms with Gasteiger partial charge in [0.05, 0.1) is 12.0 Å². The number of ketones is 1. The van der Waals surface area contributed by atoms with Crippen molar-refractivity contribution in [2.75, 3.05) is 12.4 Å². The second-order valence-electron chi connectivity index (χ2n) is 7.30. The summed E-state index contributed by atoms with van der Waals surface area (Å²) in [6, 6.07) is 12.9. The van der Waals surface area contributed by atoms with E-state index in [4.69, 9.17) is 4.74 Å². The minimum absolute atomic E-state index is 0.0315. The Labute approximate surface area is 183 Å². The minimum atomic E-state index is -0.794. The van der Waals surface area contributed by atoms with Crippen molar-refractivity contribution in [1.29, 1.82) is 0 Å². The number of rotatable bonds is 5. The zero-order chi connectivity index (χ0) is 20.6. The molecular weight excluding hydrogens is 450 g/mol. The Morgan fingerprint density at radius 1 is 1.28 bits per heavy atom. The molecule has 0 fully saturated rings. The van der Waals surface area contributed by atoms with Gasteiger partial charge in [-0.3, -0.25) is 9.59 Å². The van der Waals surface area contributed by atoms with Gasteiger partial charge in [-0.1, -0.05) is 41.4 Å². The van der Waals surface area contributed by atoms with Crippen LogP contribution in [0.4, 0.5) is 5.69 Å². The predicted molar refractivity (Wildman–Crippen MR) is 120 cm³/mol.